The van der Waals surface area contributed by atoms with Gasteiger partial charge in [-0.15, -0.1) is 5.10 Å². The number of carbonyl (C=O) groups excluding carboxylic acids is 1. The van der Waals surface area contributed by atoms with Crippen molar-refractivity contribution in [3.05, 3.63) is 87.8 Å². The largest absolute Gasteiger partial charge is 0.507 e. The summed E-state index contributed by atoms with van der Waals surface area (Å²) in [5.41, 5.74) is 1.32. The first kappa shape index (κ1) is 21.5. The number of nitrogens with zero attached hydrogens (tertiary/aromatic N) is 3. The van der Waals surface area contributed by atoms with Crippen molar-refractivity contribution in [2.45, 2.75) is 18.2 Å². The smallest absolute Gasteiger partial charge is 0.242 e. The Labute approximate surface area is 193 Å². The molecular formula is C22H17Cl2N3O3S. The van der Waals surface area contributed by atoms with Crippen molar-refractivity contribution in [2.75, 3.05) is 0 Å². The Morgan fingerprint density at radius 2 is 2.00 bits per heavy atom. The van der Waals surface area contributed by atoms with Crippen LogP contribution in [0.15, 0.2) is 75.5 Å². The van der Waals surface area contributed by atoms with Gasteiger partial charge in [-0.3, -0.25) is 9.69 Å². The second-order valence-electron chi connectivity index (χ2n) is 6.74. The lowest BCUT2D eigenvalue weighted by Crippen LogP contribution is -2.32. The number of benzene rings is 2. The van der Waals surface area contributed by atoms with Gasteiger partial charge in [0.25, 0.3) is 0 Å². The average molecular weight is 474 g/mol. The molecule has 1 N–H and O–H groups in total. The van der Waals surface area contributed by atoms with Gasteiger partial charge in [0.1, 0.15) is 11.5 Å². The summed E-state index contributed by atoms with van der Waals surface area (Å²) in [4.78, 5) is 14.7. The molecule has 3 aromatic rings. The van der Waals surface area contributed by atoms with Crippen LogP contribution in [0.5, 0.6) is 5.75 Å². The Bertz CT molecular complexity index is 1150. The molecule has 1 aromatic heterocycles. The van der Waals surface area contributed by atoms with Crippen LogP contribution in [0.3, 0.4) is 0 Å². The zero-order chi connectivity index (χ0) is 21.8. The van der Waals surface area contributed by atoms with E-state index in [0.29, 0.717) is 33.0 Å². The van der Waals surface area contributed by atoms with Gasteiger partial charge >= 0.3 is 0 Å². The molecule has 158 valence electrons. The van der Waals surface area contributed by atoms with E-state index in [-0.39, 0.29) is 18.2 Å². The predicted octanol–water partition coefficient (Wildman–Crippen LogP) is 5.37. The second kappa shape index (κ2) is 9.60. The number of aromatic hydroxyl groups is 1. The molecule has 2 heterocycles. The predicted molar refractivity (Wildman–Crippen MR) is 124 cm³/mol. The van der Waals surface area contributed by atoms with Crippen molar-refractivity contribution in [1.82, 2.24) is 4.90 Å². The highest BCUT2D eigenvalue weighted by Crippen LogP contribution is 2.33. The number of thioether (sulfide) groups is 1. The Hall–Kier alpha value is -2.74. The third-order valence-corrected chi connectivity index (χ3v) is 6.37. The number of carbonyl (C=O) groups is 1. The first-order valence-electron chi connectivity index (χ1n) is 9.34. The molecule has 1 atom stereocenters. The van der Waals surface area contributed by atoms with Crippen LogP contribution < -0.4 is 0 Å². The maximum absolute atomic E-state index is 13.1. The highest BCUT2D eigenvalue weighted by molar-refractivity contribution is 8.15. The minimum Gasteiger partial charge on any atom is -0.507 e. The summed E-state index contributed by atoms with van der Waals surface area (Å²) in [6.07, 6.45) is 3.40. The lowest BCUT2D eigenvalue weighted by atomic mass is 10.1. The Morgan fingerprint density at radius 1 is 1.16 bits per heavy atom. The highest BCUT2D eigenvalue weighted by atomic mass is 35.5. The Balaban J connectivity index is 1.59. The monoisotopic (exact) mass is 473 g/mol. The molecule has 0 radical (unpaired) electrons. The fourth-order valence-electron chi connectivity index (χ4n) is 3.06. The van der Waals surface area contributed by atoms with Gasteiger partial charge in [0, 0.05) is 15.6 Å². The van der Waals surface area contributed by atoms with Gasteiger partial charge in [0.15, 0.2) is 5.17 Å². The quantitative estimate of drug-likeness (QED) is 0.385. The fourth-order valence-corrected chi connectivity index (χ4v) is 4.57. The lowest BCUT2D eigenvalue weighted by molar-refractivity contribution is -0.126. The lowest BCUT2D eigenvalue weighted by Gasteiger charge is -2.14. The topological polar surface area (TPSA) is 78.4 Å². The number of rotatable bonds is 6. The van der Waals surface area contributed by atoms with Gasteiger partial charge in [0.05, 0.1) is 24.3 Å². The molecule has 1 aliphatic rings. The molecule has 9 heteroatoms. The first-order chi connectivity index (χ1) is 15.0. The summed E-state index contributed by atoms with van der Waals surface area (Å²) >= 11 is 13.7. The van der Waals surface area contributed by atoms with Crippen LogP contribution in [-0.4, -0.2) is 32.5 Å². The van der Waals surface area contributed by atoms with Crippen LogP contribution in [-0.2, 0) is 17.8 Å². The Morgan fingerprint density at radius 3 is 2.77 bits per heavy atom. The van der Waals surface area contributed by atoms with Gasteiger partial charge in [-0.2, -0.15) is 5.10 Å². The highest BCUT2D eigenvalue weighted by Gasteiger charge is 2.39. The summed E-state index contributed by atoms with van der Waals surface area (Å²) in [5.74, 6) is 0.615. The maximum Gasteiger partial charge on any atom is 0.242 e. The van der Waals surface area contributed by atoms with Gasteiger partial charge < -0.3 is 9.52 Å². The van der Waals surface area contributed by atoms with Crippen molar-refractivity contribution in [3.63, 3.8) is 0 Å². The maximum atomic E-state index is 13.1. The number of amides is 1. The van der Waals surface area contributed by atoms with Crippen LogP contribution in [0.1, 0.15) is 16.9 Å². The van der Waals surface area contributed by atoms with Gasteiger partial charge in [-0.25, -0.2) is 0 Å². The van der Waals surface area contributed by atoms with E-state index in [0.717, 1.165) is 5.56 Å². The number of para-hydroxylation sites is 1. The first-order valence-corrected chi connectivity index (χ1v) is 11.0. The molecule has 1 fully saturated rings. The number of halogens is 2. The number of amidine groups is 1. The number of furan rings is 1. The van der Waals surface area contributed by atoms with Crippen molar-refractivity contribution in [2.24, 2.45) is 10.2 Å². The van der Waals surface area contributed by atoms with E-state index in [2.05, 4.69) is 10.2 Å². The number of hydrogen-bond acceptors (Lipinski definition) is 6. The van der Waals surface area contributed by atoms with Crippen molar-refractivity contribution in [3.8, 4) is 5.75 Å². The van der Waals surface area contributed by atoms with E-state index in [1.54, 1.807) is 60.9 Å². The third kappa shape index (κ3) is 5.12. The molecule has 1 aliphatic heterocycles. The SMILES string of the molecule is O=C1C(Cc2cc(Cl)ccc2Cl)S/C(=N\N=C\c2ccccc2O)N1Cc1ccco1. The van der Waals surface area contributed by atoms with Gasteiger partial charge in [-0.05, 0) is 54.4 Å². The third-order valence-electron chi connectivity index (χ3n) is 4.60. The standard InChI is InChI=1S/C22H17Cl2N3O3S/c23-16-7-8-18(24)15(10-16)11-20-21(29)27(13-17-5-3-9-30-17)22(31-20)26-25-12-14-4-1-2-6-19(14)28/h1-10,12,20,28H,11,13H2/b25-12+,26-22-. The molecule has 1 amide bonds. The molecule has 31 heavy (non-hydrogen) atoms. The van der Waals surface area contributed by atoms with Crippen molar-refractivity contribution < 1.29 is 14.3 Å². The minimum absolute atomic E-state index is 0.0996. The number of phenolic OH excluding ortho intramolecular Hbond substituents is 1. The average Bonchev–Trinajstić information content (AvgIpc) is 3.36. The van der Waals surface area contributed by atoms with Gasteiger partial charge in [0.2, 0.25) is 5.91 Å². The molecule has 2 aromatic carbocycles. The van der Waals surface area contributed by atoms with Gasteiger partial charge in [-0.1, -0.05) is 47.1 Å². The van der Waals surface area contributed by atoms with Crippen molar-refractivity contribution >= 4 is 52.3 Å². The summed E-state index contributed by atoms with van der Waals surface area (Å²) < 4.78 is 5.40. The summed E-state index contributed by atoms with van der Waals surface area (Å²) in [5, 5.41) is 19.3. The summed E-state index contributed by atoms with van der Waals surface area (Å²) in [6, 6.07) is 15.5. The summed E-state index contributed by atoms with van der Waals surface area (Å²) in [6.45, 7) is 0.240. The molecule has 0 saturated carbocycles. The summed E-state index contributed by atoms with van der Waals surface area (Å²) in [7, 11) is 0. The molecular weight excluding hydrogens is 457 g/mol. The van der Waals surface area contributed by atoms with Crippen LogP contribution in [0.25, 0.3) is 0 Å². The molecule has 0 bridgehead atoms. The van der Waals surface area contributed by atoms with E-state index >= 15 is 0 Å². The fraction of sp³-hybridized carbons (Fsp3) is 0.136. The van der Waals surface area contributed by atoms with E-state index < -0.39 is 5.25 Å². The minimum atomic E-state index is -0.426. The number of phenols is 1. The second-order valence-corrected chi connectivity index (χ2v) is 8.75. The van der Waals surface area contributed by atoms with Crippen molar-refractivity contribution in [1.29, 1.82) is 0 Å². The number of hydrogen-bond donors (Lipinski definition) is 1. The molecule has 6 nitrogen and oxygen atoms in total. The molecule has 4 rings (SSSR count). The van der Waals surface area contributed by atoms with Crippen LogP contribution in [0.4, 0.5) is 0 Å². The zero-order valence-corrected chi connectivity index (χ0v) is 18.4. The van der Waals surface area contributed by atoms with Crippen LogP contribution in [0, 0.1) is 0 Å². The van der Waals surface area contributed by atoms with Crippen LogP contribution in [0.2, 0.25) is 10.0 Å². The van der Waals surface area contributed by atoms with E-state index in [9.17, 15) is 9.90 Å². The van der Waals surface area contributed by atoms with E-state index in [4.69, 9.17) is 27.6 Å². The normalized spacial score (nSPS) is 17.9. The molecule has 0 aliphatic carbocycles. The Kier molecular flexibility index (Phi) is 6.65. The van der Waals surface area contributed by atoms with E-state index in [1.165, 1.54) is 22.9 Å². The molecule has 0 spiro atoms. The van der Waals surface area contributed by atoms with E-state index in [1.807, 2.05) is 0 Å². The molecule has 1 saturated heterocycles. The zero-order valence-electron chi connectivity index (χ0n) is 16.1. The molecule has 1 unspecified atom stereocenters. The van der Waals surface area contributed by atoms with Crippen LogP contribution >= 0.6 is 35.0 Å².